The minimum absolute atomic E-state index is 0.0480. The molecule has 0 saturated carbocycles. The van der Waals surface area contributed by atoms with E-state index < -0.39 is 0 Å². The number of H-pyrrole nitrogens is 1. The van der Waals surface area contributed by atoms with E-state index in [1.165, 1.54) is 35.1 Å². The number of nitrogens with zero attached hydrogens (tertiary/aromatic N) is 1. The van der Waals surface area contributed by atoms with Gasteiger partial charge in [-0.25, -0.2) is 0 Å². The molecule has 0 atom stereocenters. The molecule has 1 saturated heterocycles. The number of hydrogen-bond donors (Lipinski definition) is 2. The molecule has 28 heavy (non-hydrogen) atoms. The number of amides is 1. The number of hydrogen-bond acceptors (Lipinski definition) is 3. The van der Waals surface area contributed by atoms with Crippen molar-refractivity contribution in [2.24, 2.45) is 5.41 Å². The van der Waals surface area contributed by atoms with Crippen molar-refractivity contribution in [2.45, 2.75) is 39.5 Å². The van der Waals surface area contributed by atoms with Crippen LogP contribution >= 0.6 is 11.3 Å². The predicted octanol–water partition coefficient (Wildman–Crippen LogP) is 5.71. The van der Waals surface area contributed by atoms with Crippen molar-refractivity contribution in [3.8, 4) is 0 Å². The molecule has 2 aromatic heterocycles. The van der Waals surface area contributed by atoms with Gasteiger partial charge in [0.1, 0.15) is 0 Å². The Morgan fingerprint density at radius 1 is 1.25 bits per heavy atom. The second kappa shape index (κ2) is 7.72. The fourth-order valence-corrected chi connectivity index (χ4v) is 4.86. The maximum Gasteiger partial charge on any atom is 0.256 e. The third-order valence-electron chi connectivity index (χ3n) is 5.48. The van der Waals surface area contributed by atoms with Crippen LogP contribution in [0.1, 0.15) is 55.5 Å². The van der Waals surface area contributed by atoms with Crippen molar-refractivity contribution in [1.29, 1.82) is 0 Å². The molecule has 1 amide bonds. The molecule has 0 radical (unpaired) electrons. The van der Waals surface area contributed by atoms with Crippen LogP contribution in [-0.4, -0.2) is 35.4 Å². The minimum atomic E-state index is -0.0480. The van der Waals surface area contributed by atoms with E-state index in [2.05, 4.69) is 54.3 Å². The van der Waals surface area contributed by atoms with Gasteiger partial charge in [0.2, 0.25) is 0 Å². The molecule has 4 rings (SSSR count). The van der Waals surface area contributed by atoms with Crippen molar-refractivity contribution in [3.63, 3.8) is 0 Å². The fraction of sp³-hybridized carbons (Fsp3) is 0.435. The summed E-state index contributed by atoms with van der Waals surface area (Å²) in [6.45, 7) is 10.4. The lowest BCUT2D eigenvalue weighted by Crippen LogP contribution is -2.38. The second-order valence-corrected chi connectivity index (χ2v) is 9.86. The highest BCUT2D eigenvalue weighted by Gasteiger charge is 2.25. The predicted molar refractivity (Wildman–Crippen MR) is 118 cm³/mol. The van der Waals surface area contributed by atoms with Gasteiger partial charge in [0, 0.05) is 34.7 Å². The molecule has 3 heterocycles. The SMILES string of the molecule is CC(C)(C)CN1CCC(c2c[nH]c3ccc(NC(=O)c4ccsc4)cc23)CC1. The number of aromatic nitrogens is 1. The molecule has 0 spiro atoms. The van der Waals surface area contributed by atoms with Crippen LogP contribution in [-0.2, 0) is 0 Å². The number of carbonyl (C=O) groups excluding carboxylic acids is 1. The number of piperidine rings is 1. The van der Waals surface area contributed by atoms with Crippen LogP contribution in [0.5, 0.6) is 0 Å². The Morgan fingerprint density at radius 2 is 2.04 bits per heavy atom. The zero-order valence-corrected chi connectivity index (χ0v) is 17.7. The molecular weight excluding hydrogens is 366 g/mol. The van der Waals surface area contributed by atoms with Gasteiger partial charge in [-0.15, -0.1) is 0 Å². The standard InChI is InChI=1S/C23H29N3OS/c1-23(2,3)15-26-9-6-16(7-10-26)20-13-24-21-5-4-18(12-19(20)21)25-22(27)17-8-11-28-14-17/h4-5,8,11-14,16,24H,6-7,9-10,15H2,1-3H3,(H,25,27). The Kier molecular flexibility index (Phi) is 5.30. The summed E-state index contributed by atoms with van der Waals surface area (Å²) < 4.78 is 0. The molecule has 3 aromatic rings. The van der Waals surface area contributed by atoms with E-state index in [4.69, 9.17) is 0 Å². The van der Waals surface area contributed by atoms with Gasteiger partial charge in [-0.1, -0.05) is 20.8 Å². The lowest BCUT2D eigenvalue weighted by Gasteiger charge is -2.36. The number of thiophene rings is 1. The average molecular weight is 396 g/mol. The number of nitrogens with one attached hydrogen (secondary N) is 2. The van der Waals surface area contributed by atoms with Crippen LogP contribution in [0.25, 0.3) is 10.9 Å². The number of anilines is 1. The molecule has 0 aliphatic carbocycles. The Bertz CT molecular complexity index is 944. The number of fused-ring (bicyclic) bond motifs is 1. The average Bonchev–Trinajstić information content (AvgIpc) is 3.31. The van der Waals surface area contributed by atoms with Crippen molar-refractivity contribution < 1.29 is 4.79 Å². The van der Waals surface area contributed by atoms with Gasteiger partial charge >= 0.3 is 0 Å². The maximum atomic E-state index is 12.4. The van der Waals surface area contributed by atoms with Crippen molar-refractivity contribution in [3.05, 3.63) is 52.3 Å². The molecular formula is C23H29N3OS. The summed E-state index contributed by atoms with van der Waals surface area (Å²) in [5.74, 6) is 0.529. The molecule has 2 N–H and O–H groups in total. The Hall–Kier alpha value is -2.11. The van der Waals surface area contributed by atoms with E-state index in [-0.39, 0.29) is 5.91 Å². The molecule has 1 fully saturated rings. The lowest BCUT2D eigenvalue weighted by molar-refractivity contribution is 0.102. The third-order valence-corrected chi connectivity index (χ3v) is 6.16. The van der Waals surface area contributed by atoms with E-state index in [0.29, 0.717) is 16.9 Å². The second-order valence-electron chi connectivity index (χ2n) is 9.08. The first-order chi connectivity index (χ1) is 13.4. The smallest absolute Gasteiger partial charge is 0.256 e. The first-order valence-corrected chi connectivity index (χ1v) is 11.0. The van der Waals surface area contributed by atoms with Crippen LogP contribution in [0.4, 0.5) is 5.69 Å². The van der Waals surface area contributed by atoms with Crippen LogP contribution < -0.4 is 5.32 Å². The monoisotopic (exact) mass is 395 g/mol. The van der Waals surface area contributed by atoms with Crippen molar-refractivity contribution in [1.82, 2.24) is 9.88 Å². The molecule has 4 nitrogen and oxygen atoms in total. The molecule has 1 aliphatic rings. The zero-order chi connectivity index (χ0) is 19.7. The van der Waals surface area contributed by atoms with Gasteiger partial charge in [0.25, 0.3) is 5.91 Å². The van der Waals surface area contributed by atoms with E-state index in [9.17, 15) is 4.79 Å². The summed E-state index contributed by atoms with van der Waals surface area (Å²) in [7, 11) is 0. The quantitative estimate of drug-likeness (QED) is 0.595. The van der Waals surface area contributed by atoms with Gasteiger partial charge in [0.05, 0.1) is 5.56 Å². The summed E-state index contributed by atoms with van der Waals surface area (Å²) in [6, 6.07) is 8.01. The van der Waals surface area contributed by atoms with E-state index in [1.54, 1.807) is 0 Å². The molecule has 1 aromatic carbocycles. The van der Waals surface area contributed by atoms with Crippen LogP contribution in [0.3, 0.4) is 0 Å². The molecule has 0 unspecified atom stereocenters. The van der Waals surface area contributed by atoms with Crippen molar-refractivity contribution in [2.75, 3.05) is 25.0 Å². The number of benzene rings is 1. The highest BCUT2D eigenvalue weighted by molar-refractivity contribution is 7.08. The largest absolute Gasteiger partial charge is 0.361 e. The number of likely N-dealkylation sites (tertiary alicyclic amines) is 1. The third kappa shape index (κ3) is 4.31. The normalized spacial score (nSPS) is 16.5. The number of rotatable bonds is 4. The highest BCUT2D eigenvalue weighted by atomic mass is 32.1. The molecule has 148 valence electrons. The van der Waals surface area contributed by atoms with Crippen molar-refractivity contribution >= 4 is 33.8 Å². The minimum Gasteiger partial charge on any atom is -0.361 e. The van der Waals surface area contributed by atoms with Gasteiger partial charge < -0.3 is 15.2 Å². The van der Waals surface area contributed by atoms with Gasteiger partial charge in [-0.05, 0) is 72.5 Å². The molecule has 1 aliphatic heterocycles. The van der Waals surface area contributed by atoms with Crippen LogP contribution in [0, 0.1) is 5.41 Å². The first kappa shape index (κ1) is 19.2. The number of aromatic amines is 1. The van der Waals surface area contributed by atoms with Gasteiger partial charge in [-0.3, -0.25) is 4.79 Å². The maximum absolute atomic E-state index is 12.4. The summed E-state index contributed by atoms with van der Waals surface area (Å²) >= 11 is 1.54. The molecule has 5 heteroatoms. The lowest BCUT2D eigenvalue weighted by atomic mass is 9.87. The summed E-state index contributed by atoms with van der Waals surface area (Å²) in [5, 5.41) is 8.07. The fourth-order valence-electron chi connectivity index (χ4n) is 4.23. The summed E-state index contributed by atoms with van der Waals surface area (Å²) in [4.78, 5) is 18.4. The van der Waals surface area contributed by atoms with Gasteiger partial charge in [-0.2, -0.15) is 11.3 Å². The Balaban J connectivity index is 1.49. The van der Waals surface area contributed by atoms with Gasteiger partial charge in [0.15, 0.2) is 0 Å². The Labute approximate surface area is 170 Å². The van der Waals surface area contributed by atoms with E-state index in [1.807, 2.05) is 22.9 Å². The Morgan fingerprint density at radius 3 is 2.71 bits per heavy atom. The zero-order valence-electron chi connectivity index (χ0n) is 16.9. The molecule has 0 bridgehead atoms. The van der Waals surface area contributed by atoms with Crippen LogP contribution in [0.2, 0.25) is 0 Å². The number of carbonyl (C=O) groups is 1. The topological polar surface area (TPSA) is 48.1 Å². The highest BCUT2D eigenvalue weighted by Crippen LogP contribution is 2.35. The summed E-state index contributed by atoms with van der Waals surface area (Å²) in [6.07, 6.45) is 4.54. The first-order valence-electron chi connectivity index (χ1n) is 10.1. The summed E-state index contributed by atoms with van der Waals surface area (Å²) in [5.41, 5.74) is 4.45. The van der Waals surface area contributed by atoms with Crippen LogP contribution in [0.15, 0.2) is 41.2 Å². The van der Waals surface area contributed by atoms with E-state index >= 15 is 0 Å². The van der Waals surface area contributed by atoms with E-state index in [0.717, 1.165) is 30.8 Å².